The van der Waals surface area contributed by atoms with Crippen molar-refractivity contribution >= 4 is 17.5 Å². The first-order valence-corrected chi connectivity index (χ1v) is 7.71. The van der Waals surface area contributed by atoms with Crippen LogP contribution in [-0.4, -0.2) is 60.1 Å². The first-order chi connectivity index (χ1) is 9.95. The second-order valence-corrected chi connectivity index (χ2v) is 6.43. The fourth-order valence-corrected chi connectivity index (χ4v) is 2.90. The molecule has 0 aromatic heterocycles. The fourth-order valence-electron chi connectivity index (χ4n) is 2.71. The Kier molecular flexibility index (Phi) is 5.25. The van der Waals surface area contributed by atoms with Gasteiger partial charge in [-0.2, -0.15) is 0 Å². The molecule has 1 aromatic carbocycles. The molecule has 0 aliphatic carbocycles. The number of aliphatic hydroxyl groups excluding tert-OH is 1. The first-order valence-electron chi connectivity index (χ1n) is 7.34. The largest absolute Gasteiger partial charge is 0.395 e. The molecule has 1 fully saturated rings. The quantitative estimate of drug-likeness (QED) is 0.921. The lowest BCUT2D eigenvalue weighted by Gasteiger charge is -2.38. The van der Waals surface area contributed by atoms with Gasteiger partial charge in [0, 0.05) is 37.7 Å². The molecular formula is C16H23ClN2O2. The van der Waals surface area contributed by atoms with Crippen LogP contribution in [0.15, 0.2) is 24.3 Å². The van der Waals surface area contributed by atoms with E-state index in [0.29, 0.717) is 24.7 Å². The number of rotatable bonds is 4. The Hall–Kier alpha value is -1.10. The molecule has 1 aromatic rings. The molecule has 0 spiro atoms. The van der Waals surface area contributed by atoms with Gasteiger partial charge in [-0.05, 0) is 31.5 Å². The van der Waals surface area contributed by atoms with Crippen molar-refractivity contribution in [2.75, 3.05) is 39.3 Å². The summed E-state index contributed by atoms with van der Waals surface area (Å²) in [4.78, 5) is 16.9. The topological polar surface area (TPSA) is 43.8 Å². The van der Waals surface area contributed by atoms with Gasteiger partial charge in [0.05, 0.1) is 12.0 Å². The minimum atomic E-state index is -0.579. The summed E-state index contributed by atoms with van der Waals surface area (Å²) in [6.07, 6.45) is 0. The van der Waals surface area contributed by atoms with Crippen LogP contribution in [-0.2, 0) is 10.2 Å². The molecule has 4 nitrogen and oxygen atoms in total. The number of β-amino-alcohol motifs (C(OH)–C–C–N with tert-alkyl or cyclic N) is 1. The van der Waals surface area contributed by atoms with Crippen LogP contribution in [0.4, 0.5) is 0 Å². The van der Waals surface area contributed by atoms with Crippen LogP contribution >= 0.6 is 11.6 Å². The lowest BCUT2D eigenvalue weighted by atomic mass is 9.83. The molecule has 21 heavy (non-hydrogen) atoms. The van der Waals surface area contributed by atoms with Crippen molar-refractivity contribution in [1.82, 2.24) is 9.80 Å². The van der Waals surface area contributed by atoms with Gasteiger partial charge in [0.25, 0.3) is 0 Å². The average Bonchev–Trinajstić information content (AvgIpc) is 2.47. The summed E-state index contributed by atoms with van der Waals surface area (Å²) in [6, 6.07) is 7.51. The molecule has 1 aliphatic heterocycles. The standard InChI is InChI=1S/C16H23ClN2O2/c1-16(2,13-4-3-5-14(17)12-13)15(21)19-8-6-18(7-9-19)10-11-20/h3-5,12,20H,6-11H2,1-2H3. The summed E-state index contributed by atoms with van der Waals surface area (Å²) in [7, 11) is 0. The average molecular weight is 311 g/mol. The van der Waals surface area contributed by atoms with Crippen LogP contribution in [0, 0.1) is 0 Å². The van der Waals surface area contributed by atoms with Gasteiger partial charge >= 0.3 is 0 Å². The second kappa shape index (κ2) is 6.77. The van der Waals surface area contributed by atoms with E-state index in [-0.39, 0.29) is 12.5 Å². The van der Waals surface area contributed by atoms with E-state index in [2.05, 4.69) is 4.90 Å². The monoisotopic (exact) mass is 310 g/mol. The molecule has 2 rings (SSSR count). The Morgan fingerprint density at radius 1 is 1.29 bits per heavy atom. The van der Waals surface area contributed by atoms with E-state index in [0.717, 1.165) is 18.7 Å². The van der Waals surface area contributed by atoms with Gasteiger partial charge in [0.1, 0.15) is 0 Å². The third kappa shape index (κ3) is 3.76. The number of aliphatic hydroxyl groups is 1. The van der Waals surface area contributed by atoms with Crippen LogP contribution < -0.4 is 0 Å². The normalized spacial score (nSPS) is 17.0. The predicted octanol–water partition coefficient (Wildman–Crippen LogP) is 1.75. The van der Waals surface area contributed by atoms with Crippen molar-refractivity contribution in [3.8, 4) is 0 Å². The lowest BCUT2D eigenvalue weighted by Crippen LogP contribution is -2.53. The van der Waals surface area contributed by atoms with Gasteiger partial charge < -0.3 is 10.0 Å². The van der Waals surface area contributed by atoms with Crippen LogP contribution in [0.5, 0.6) is 0 Å². The summed E-state index contributed by atoms with van der Waals surface area (Å²) < 4.78 is 0. The summed E-state index contributed by atoms with van der Waals surface area (Å²) >= 11 is 6.04. The van der Waals surface area contributed by atoms with E-state index in [1.54, 1.807) is 0 Å². The number of halogens is 1. The van der Waals surface area contributed by atoms with Crippen molar-refractivity contribution in [1.29, 1.82) is 0 Å². The van der Waals surface area contributed by atoms with Crippen LogP contribution in [0.2, 0.25) is 5.02 Å². The SMILES string of the molecule is CC(C)(C(=O)N1CCN(CCO)CC1)c1cccc(Cl)c1. The highest BCUT2D eigenvalue weighted by Crippen LogP contribution is 2.28. The number of hydrogen-bond acceptors (Lipinski definition) is 3. The molecule has 1 N–H and O–H groups in total. The zero-order valence-electron chi connectivity index (χ0n) is 12.7. The highest BCUT2D eigenvalue weighted by atomic mass is 35.5. The molecule has 1 amide bonds. The number of piperazine rings is 1. The molecule has 0 unspecified atom stereocenters. The molecule has 0 bridgehead atoms. The second-order valence-electron chi connectivity index (χ2n) is 5.99. The van der Waals surface area contributed by atoms with Gasteiger partial charge in [0.15, 0.2) is 0 Å². The van der Waals surface area contributed by atoms with E-state index < -0.39 is 5.41 Å². The maximum atomic E-state index is 12.8. The number of nitrogens with zero attached hydrogens (tertiary/aromatic N) is 2. The molecule has 1 heterocycles. The molecule has 0 radical (unpaired) electrons. The van der Waals surface area contributed by atoms with Gasteiger partial charge in [-0.25, -0.2) is 0 Å². The molecule has 0 atom stereocenters. The van der Waals surface area contributed by atoms with Gasteiger partial charge in [-0.1, -0.05) is 23.7 Å². The number of carbonyl (C=O) groups excluding carboxylic acids is 1. The van der Waals surface area contributed by atoms with E-state index in [1.807, 2.05) is 43.0 Å². The summed E-state index contributed by atoms with van der Waals surface area (Å²) in [5.74, 6) is 0.133. The molecular weight excluding hydrogens is 288 g/mol. The number of carbonyl (C=O) groups is 1. The van der Waals surface area contributed by atoms with E-state index in [9.17, 15) is 4.79 Å². The summed E-state index contributed by atoms with van der Waals surface area (Å²) in [5.41, 5.74) is 0.363. The minimum absolute atomic E-state index is 0.133. The Labute approximate surface area is 131 Å². The molecule has 1 saturated heterocycles. The van der Waals surface area contributed by atoms with Crippen molar-refractivity contribution in [3.63, 3.8) is 0 Å². The van der Waals surface area contributed by atoms with Crippen molar-refractivity contribution in [2.45, 2.75) is 19.3 Å². The summed E-state index contributed by atoms with van der Waals surface area (Å²) in [6.45, 7) is 7.80. The number of hydrogen-bond donors (Lipinski definition) is 1. The molecule has 0 saturated carbocycles. The Morgan fingerprint density at radius 3 is 2.52 bits per heavy atom. The molecule has 1 aliphatic rings. The summed E-state index contributed by atoms with van der Waals surface area (Å²) in [5, 5.41) is 9.62. The predicted molar refractivity (Wildman–Crippen MR) is 84.6 cm³/mol. The van der Waals surface area contributed by atoms with E-state index in [4.69, 9.17) is 16.7 Å². The third-order valence-electron chi connectivity index (χ3n) is 4.16. The third-order valence-corrected chi connectivity index (χ3v) is 4.39. The highest BCUT2D eigenvalue weighted by Gasteiger charge is 2.35. The van der Waals surface area contributed by atoms with Gasteiger partial charge in [-0.3, -0.25) is 9.69 Å². The number of amides is 1. The van der Waals surface area contributed by atoms with Gasteiger partial charge in [0.2, 0.25) is 5.91 Å². The van der Waals surface area contributed by atoms with Crippen molar-refractivity contribution in [3.05, 3.63) is 34.9 Å². The Balaban J connectivity index is 2.05. The lowest BCUT2D eigenvalue weighted by molar-refractivity contribution is -0.138. The Bertz CT molecular complexity index is 497. The first kappa shape index (κ1) is 16.3. The van der Waals surface area contributed by atoms with Gasteiger partial charge in [-0.15, -0.1) is 0 Å². The van der Waals surface area contributed by atoms with Crippen molar-refractivity contribution in [2.24, 2.45) is 0 Å². The fraction of sp³-hybridized carbons (Fsp3) is 0.562. The van der Waals surface area contributed by atoms with Crippen LogP contribution in [0.3, 0.4) is 0 Å². The molecule has 116 valence electrons. The maximum Gasteiger partial charge on any atom is 0.232 e. The zero-order chi connectivity index (χ0) is 15.5. The zero-order valence-corrected chi connectivity index (χ0v) is 13.4. The van der Waals surface area contributed by atoms with Crippen LogP contribution in [0.25, 0.3) is 0 Å². The Morgan fingerprint density at radius 2 is 1.95 bits per heavy atom. The van der Waals surface area contributed by atoms with Crippen molar-refractivity contribution < 1.29 is 9.90 Å². The van der Waals surface area contributed by atoms with E-state index >= 15 is 0 Å². The molecule has 5 heteroatoms. The van der Waals surface area contributed by atoms with E-state index in [1.165, 1.54) is 0 Å². The minimum Gasteiger partial charge on any atom is -0.395 e. The number of benzene rings is 1. The van der Waals surface area contributed by atoms with Crippen LogP contribution in [0.1, 0.15) is 19.4 Å². The highest BCUT2D eigenvalue weighted by molar-refractivity contribution is 6.30. The maximum absolute atomic E-state index is 12.8. The smallest absolute Gasteiger partial charge is 0.232 e.